The smallest absolute Gasteiger partial charge is 0.308 e. The molecule has 0 bridgehead atoms. The Kier molecular flexibility index (Phi) is 7.37. The minimum absolute atomic E-state index is 0.0316. The van der Waals surface area contributed by atoms with Crippen LogP contribution in [0.3, 0.4) is 0 Å². The standard InChI is InChI=1S/C20H21ClN2O4/c1-13-5-3-4-6-17(13)20(26)22-12-11-18(24)27-14(2)19(25)23-16-9-7-15(21)8-10-16/h3-10,14H,11-12H2,1-2H3,(H,22,26)(H,23,25). The van der Waals surface area contributed by atoms with Crippen LogP contribution in [0.15, 0.2) is 48.5 Å². The zero-order valence-corrected chi connectivity index (χ0v) is 15.9. The van der Waals surface area contributed by atoms with E-state index in [1.54, 1.807) is 36.4 Å². The van der Waals surface area contributed by atoms with Crippen LogP contribution in [0, 0.1) is 6.92 Å². The molecule has 0 fully saturated rings. The van der Waals surface area contributed by atoms with Gasteiger partial charge >= 0.3 is 5.97 Å². The summed E-state index contributed by atoms with van der Waals surface area (Å²) in [5.74, 6) is -1.28. The Labute approximate surface area is 162 Å². The van der Waals surface area contributed by atoms with Crippen LogP contribution in [0.5, 0.6) is 0 Å². The molecule has 0 aliphatic carbocycles. The largest absolute Gasteiger partial charge is 0.452 e. The number of ether oxygens (including phenoxy) is 1. The Morgan fingerprint density at radius 3 is 2.41 bits per heavy atom. The lowest BCUT2D eigenvalue weighted by molar-refractivity contribution is -0.153. The summed E-state index contributed by atoms with van der Waals surface area (Å²) in [6.45, 7) is 3.44. The van der Waals surface area contributed by atoms with Gasteiger partial charge in [0.15, 0.2) is 6.10 Å². The van der Waals surface area contributed by atoms with Crippen molar-refractivity contribution in [3.63, 3.8) is 0 Å². The van der Waals surface area contributed by atoms with E-state index in [4.69, 9.17) is 16.3 Å². The van der Waals surface area contributed by atoms with Crippen molar-refractivity contribution < 1.29 is 19.1 Å². The molecule has 0 saturated carbocycles. The Hall–Kier alpha value is -2.86. The van der Waals surface area contributed by atoms with E-state index in [9.17, 15) is 14.4 Å². The number of esters is 1. The van der Waals surface area contributed by atoms with Crippen molar-refractivity contribution >= 4 is 35.1 Å². The van der Waals surface area contributed by atoms with Crippen molar-refractivity contribution in [1.82, 2.24) is 5.32 Å². The summed E-state index contributed by atoms with van der Waals surface area (Å²) < 4.78 is 5.09. The molecule has 2 rings (SSSR count). The third kappa shape index (κ3) is 6.42. The molecular formula is C20H21ClN2O4. The second-order valence-corrected chi connectivity index (χ2v) is 6.39. The van der Waals surface area contributed by atoms with E-state index in [2.05, 4.69) is 10.6 Å². The molecule has 27 heavy (non-hydrogen) atoms. The summed E-state index contributed by atoms with van der Waals surface area (Å²) in [6.07, 6.45) is -0.990. The van der Waals surface area contributed by atoms with Gasteiger partial charge in [0.1, 0.15) is 0 Å². The van der Waals surface area contributed by atoms with Crippen LogP contribution in [-0.4, -0.2) is 30.4 Å². The van der Waals surface area contributed by atoms with Gasteiger partial charge in [0.05, 0.1) is 6.42 Å². The second-order valence-electron chi connectivity index (χ2n) is 5.95. The molecule has 0 aliphatic rings. The van der Waals surface area contributed by atoms with Gasteiger partial charge in [0, 0.05) is 22.8 Å². The monoisotopic (exact) mass is 388 g/mol. The fraction of sp³-hybridized carbons (Fsp3) is 0.250. The highest BCUT2D eigenvalue weighted by Crippen LogP contribution is 2.14. The quantitative estimate of drug-likeness (QED) is 0.712. The highest BCUT2D eigenvalue weighted by Gasteiger charge is 2.18. The minimum atomic E-state index is -0.958. The summed E-state index contributed by atoms with van der Waals surface area (Å²) in [4.78, 5) is 36.0. The average molecular weight is 389 g/mol. The normalized spacial score (nSPS) is 11.4. The summed E-state index contributed by atoms with van der Waals surface area (Å²) in [6, 6.07) is 13.8. The first-order valence-corrected chi connectivity index (χ1v) is 8.84. The molecule has 2 N–H and O–H groups in total. The maximum absolute atomic E-state index is 12.1. The van der Waals surface area contributed by atoms with Crippen molar-refractivity contribution in [2.45, 2.75) is 26.4 Å². The second kappa shape index (κ2) is 9.73. The highest BCUT2D eigenvalue weighted by molar-refractivity contribution is 6.30. The molecule has 1 unspecified atom stereocenters. The van der Waals surface area contributed by atoms with Crippen molar-refractivity contribution in [3.05, 3.63) is 64.7 Å². The van der Waals surface area contributed by atoms with Gasteiger partial charge < -0.3 is 15.4 Å². The molecule has 0 spiro atoms. The maximum Gasteiger partial charge on any atom is 0.308 e. The Balaban J connectivity index is 1.74. The van der Waals surface area contributed by atoms with E-state index >= 15 is 0 Å². The first-order valence-electron chi connectivity index (χ1n) is 8.46. The molecule has 2 aromatic rings. The van der Waals surface area contributed by atoms with Crippen LogP contribution in [0.1, 0.15) is 29.3 Å². The van der Waals surface area contributed by atoms with Gasteiger partial charge in [-0.3, -0.25) is 14.4 Å². The molecule has 2 amide bonds. The van der Waals surface area contributed by atoms with Crippen LogP contribution in [0.2, 0.25) is 5.02 Å². The zero-order chi connectivity index (χ0) is 19.8. The summed E-state index contributed by atoms with van der Waals surface area (Å²) in [5, 5.41) is 5.85. The number of carbonyl (C=O) groups excluding carboxylic acids is 3. The number of halogens is 1. The van der Waals surface area contributed by atoms with Crippen LogP contribution < -0.4 is 10.6 Å². The van der Waals surface area contributed by atoms with Crippen molar-refractivity contribution in [2.24, 2.45) is 0 Å². The summed E-state index contributed by atoms with van der Waals surface area (Å²) in [5.41, 5.74) is 1.96. The molecule has 0 aromatic heterocycles. The van der Waals surface area contributed by atoms with E-state index in [-0.39, 0.29) is 18.9 Å². The van der Waals surface area contributed by atoms with E-state index in [1.165, 1.54) is 6.92 Å². The van der Waals surface area contributed by atoms with Crippen molar-refractivity contribution in [3.8, 4) is 0 Å². The topological polar surface area (TPSA) is 84.5 Å². The minimum Gasteiger partial charge on any atom is -0.452 e. The first kappa shape index (κ1) is 20.5. The van der Waals surface area contributed by atoms with Gasteiger partial charge in [-0.1, -0.05) is 29.8 Å². The molecule has 0 radical (unpaired) electrons. The molecule has 7 heteroatoms. The number of hydrogen-bond acceptors (Lipinski definition) is 4. The fourth-order valence-corrected chi connectivity index (χ4v) is 2.41. The average Bonchev–Trinajstić information content (AvgIpc) is 2.63. The number of hydrogen-bond donors (Lipinski definition) is 2. The Morgan fingerprint density at radius 1 is 1.07 bits per heavy atom. The van der Waals surface area contributed by atoms with Crippen LogP contribution in [0.25, 0.3) is 0 Å². The molecule has 142 valence electrons. The Morgan fingerprint density at radius 2 is 1.74 bits per heavy atom. The molecule has 0 saturated heterocycles. The van der Waals surface area contributed by atoms with E-state index in [1.807, 2.05) is 19.1 Å². The van der Waals surface area contributed by atoms with Gasteiger partial charge in [-0.2, -0.15) is 0 Å². The van der Waals surface area contributed by atoms with E-state index < -0.39 is 18.0 Å². The lowest BCUT2D eigenvalue weighted by atomic mass is 10.1. The predicted octanol–water partition coefficient (Wildman–Crippen LogP) is 3.34. The molecule has 0 heterocycles. The SMILES string of the molecule is Cc1ccccc1C(=O)NCCC(=O)OC(C)C(=O)Nc1ccc(Cl)cc1. The van der Waals surface area contributed by atoms with E-state index in [0.717, 1.165) is 5.56 Å². The molecule has 2 aromatic carbocycles. The number of nitrogens with one attached hydrogen (secondary N) is 2. The van der Waals surface area contributed by atoms with Crippen LogP contribution in [0.4, 0.5) is 5.69 Å². The van der Waals surface area contributed by atoms with Gasteiger partial charge in [0.25, 0.3) is 11.8 Å². The number of benzene rings is 2. The van der Waals surface area contributed by atoms with Crippen molar-refractivity contribution in [2.75, 3.05) is 11.9 Å². The third-order valence-electron chi connectivity index (χ3n) is 3.79. The lowest BCUT2D eigenvalue weighted by Gasteiger charge is -2.14. The number of carbonyl (C=O) groups is 3. The zero-order valence-electron chi connectivity index (χ0n) is 15.1. The van der Waals surface area contributed by atoms with Crippen LogP contribution >= 0.6 is 11.6 Å². The third-order valence-corrected chi connectivity index (χ3v) is 4.05. The molecule has 1 atom stereocenters. The van der Waals surface area contributed by atoms with Gasteiger partial charge in [-0.25, -0.2) is 0 Å². The lowest BCUT2D eigenvalue weighted by Crippen LogP contribution is -2.32. The van der Waals surface area contributed by atoms with Gasteiger partial charge in [-0.05, 0) is 49.7 Å². The number of anilines is 1. The highest BCUT2D eigenvalue weighted by atomic mass is 35.5. The number of amides is 2. The van der Waals surface area contributed by atoms with E-state index in [0.29, 0.717) is 16.3 Å². The predicted molar refractivity (Wildman–Crippen MR) is 104 cm³/mol. The molecular weight excluding hydrogens is 368 g/mol. The van der Waals surface area contributed by atoms with Crippen LogP contribution in [-0.2, 0) is 14.3 Å². The Bertz CT molecular complexity index is 821. The molecule has 6 nitrogen and oxygen atoms in total. The summed E-state index contributed by atoms with van der Waals surface area (Å²) in [7, 11) is 0. The molecule has 0 aliphatic heterocycles. The maximum atomic E-state index is 12.1. The number of rotatable bonds is 7. The number of aryl methyl sites for hydroxylation is 1. The first-order chi connectivity index (χ1) is 12.9. The summed E-state index contributed by atoms with van der Waals surface area (Å²) >= 11 is 5.79. The fourth-order valence-electron chi connectivity index (χ4n) is 2.29. The van der Waals surface area contributed by atoms with Gasteiger partial charge in [-0.15, -0.1) is 0 Å². The van der Waals surface area contributed by atoms with Gasteiger partial charge in [0.2, 0.25) is 0 Å². The van der Waals surface area contributed by atoms with Crippen molar-refractivity contribution in [1.29, 1.82) is 0 Å².